The Hall–Kier alpha value is -0.530. The van der Waals surface area contributed by atoms with Crippen LogP contribution < -0.4 is 5.32 Å². The van der Waals surface area contributed by atoms with Crippen molar-refractivity contribution in [2.45, 2.75) is 25.7 Å². The van der Waals surface area contributed by atoms with Gasteiger partial charge in [-0.25, -0.2) is 0 Å². The Morgan fingerprint density at radius 2 is 2.14 bits per heavy atom. The molecule has 0 amide bonds. The maximum absolute atomic E-state index is 6.21. The smallest absolute Gasteiger partial charge is 0.0441 e. The van der Waals surface area contributed by atoms with Crippen LogP contribution in [-0.2, 0) is 11.8 Å². The van der Waals surface area contributed by atoms with Gasteiger partial charge in [0.15, 0.2) is 0 Å². The van der Waals surface area contributed by atoms with Gasteiger partial charge in [0.1, 0.15) is 0 Å². The largest absolute Gasteiger partial charge is 0.316 e. The maximum atomic E-state index is 6.21. The Balaban J connectivity index is 2.56. The molecule has 1 aliphatic rings. The van der Waals surface area contributed by atoms with Crippen molar-refractivity contribution >= 4 is 11.6 Å². The average Bonchev–Trinajstić information content (AvgIpc) is 2.27. The molecule has 0 saturated heterocycles. The van der Waals surface area contributed by atoms with E-state index in [9.17, 15) is 0 Å². The lowest BCUT2D eigenvalue weighted by molar-refractivity contribution is 0.488. The minimum Gasteiger partial charge on any atom is -0.316 e. The predicted molar refractivity (Wildman–Crippen MR) is 61.1 cm³/mol. The molecule has 0 spiro atoms. The second-order valence-electron chi connectivity index (χ2n) is 4.58. The van der Waals surface area contributed by atoms with Crippen LogP contribution in [0.25, 0.3) is 0 Å². The summed E-state index contributed by atoms with van der Waals surface area (Å²) in [7, 11) is 0. The van der Waals surface area contributed by atoms with Crippen LogP contribution in [0.3, 0.4) is 0 Å². The number of rotatable bonds is 0. The quantitative estimate of drug-likeness (QED) is 0.693. The van der Waals surface area contributed by atoms with Crippen molar-refractivity contribution in [2.75, 3.05) is 13.1 Å². The van der Waals surface area contributed by atoms with Crippen LogP contribution in [0.4, 0.5) is 0 Å². The van der Waals surface area contributed by atoms with Gasteiger partial charge < -0.3 is 5.32 Å². The Bertz CT molecular complexity index is 344. The molecule has 1 aromatic rings. The number of fused-ring (bicyclic) bond motifs is 1. The van der Waals surface area contributed by atoms with E-state index >= 15 is 0 Å². The fourth-order valence-corrected chi connectivity index (χ4v) is 2.43. The summed E-state index contributed by atoms with van der Waals surface area (Å²) in [6.45, 7) is 6.58. The third-order valence-corrected chi connectivity index (χ3v) is 3.32. The van der Waals surface area contributed by atoms with Gasteiger partial charge in [0.05, 0.1) is 0 Å². The van der Waals surface area contributed by atoms with Gasteiger partial charge in [-0.15, -0.1) is 0 Å². The second-order valence-corrected chi connectivity index (χ2v) is 4.98. The van der Waals surface area contributed by atoms with Gasteiger partial charge in [0.2, 0.25) is 0 Å². The van der Waals surface area contributed by atoms with Crippen LogP contribution in [0.5, 0.6) is 0 Å². The molecule has 1 aromatic carbocycles. The number of halogens is 1. The van der Waals surface area contributed by atoms with Crippen molar-refractivity contribution in [3.05, 3.63) is 34.3 Å². The van der Waals surface area contributed by atoms with Crippen LogP contribution in [-0.4, -0.2) is 13.1 Å². The first-order chi connectivity index (χ1) is 6.61. The van der Waals surface area contributed by atoms with Crippen LogP contribution >= 0.6 is 11.6 Å². The minimum absolute atomic E-state index is 0.191. The molecule has 2 heteroatoms. The summed E-state index contributed by atoms with van der Waals surface area (Å²) in [5.74, 6) is 0. The lowest BCUT2D eigenvalue weighted by Crippen LogP contribution is -2.31. The van der Waals surface area contributed by atoms with Crippen molar-refractivity contribution < 1.29 is 0 Å². The molecule has 0 saturated carbocycles. The Morgan fingerprint density at radius 1 is 1.36 bits per heavy atom. The summed E-state index contributed by atoms with van der Waals surface area (Å²) < 4.78 is 0. The third kappa shape index (κ3) is 1.67. The fraction of sp³-hybridized carbons (Fsp3) is 0.500. The fourth-order valence-electron chi connectivity index (χ4n) is 2.16. The molecule has 0 unspecified atom stereocenters. The van der Waals surface area contributed by atoms with Crippen LogP contribution in [0.2, 0.25) is 5.02 Å². The molecule has 0 bridgehead atoms. The summed E-state index contributed by atoms with van der Waals surface area (Å²) in [4.78, 5) is 0. The van der Waals surface area contributed by atoms with Gasteiger partial charge in [-0.3, -0.25) is 0 Å². The van der Waals surface area contributed by atoms with Crippen molar-refractivity contribution in [2.24, 2.45) is 0 Å². The zero-order valence-electron chi connectivity index (χ0n) is 8.73. The van der Waals surface area contributed by atoms with E-state index in [0.717, 1.165) is 24.5 Å². The minimum atomic E-state index is 0.191. The predicted octanol–water partition coefficient (Wildman–Crippen LogP) is 2.76. The molecule has 14 heavy (non-hydrogen) atoms. The van der Waals surface area contributed by atoms with E-state index < -0.39 is 0 Å². The molecule has 2 rings (SSSR count). The molecule has 0 aromatic heterocycles. The molecule has 0 fully saturated rings. The van der Waals surface area contributed by atoms with E-state index in [1.165, 1.54) is 11.1 Å². The average molecular weight is 210 g/mol. The first-order valence-corrected chi connectivity index (χ1v) is 5.48. The summed E-state index contributed by atoms with van der Waals surface area (Å²) in [6.07, 6.45) is 1.04. The van der Waals surface area contributed by atoms with E-state index in [1.807, 2.05) is 12.1 Å². The van der Waals surface area contributed by atoms with Gasteiger partial charge in [-0.1, -0.05) is 37.6 Å². The summed E-state index contributed by atoms with van der Waals surface area (Å²) in [5.41, 5.74) is 2.91. The maximum Gasteiger partial charge on any atom is 0.0441 e. The highest BCUT2D eigenvalue weighted by molar-refractivity contribution is 6.31. The van der Waals surface area contributed by atoms with E-state index in [0.29, 0.717) is 0 Å². The third-order valence-electron chi connectivity index (χ3n) is 2.97. The lowest BCUT2D eigenvalue weighted by atomic mass is 9.82. The molecule has 0 aliphatic carbocycles. The van der Waals surface area contributed by atoms with Crippen LogP contribution in [0.15, 0.2) is 18.2 Å². The summed E-state index contributed by atoms with van der Waals surface area (Å²) in [6, 6.07) is 6.24. The van der Waals surface area contributed by atoms with E-state index in [4.69, 9.17) is 11.6 Å². The number of hydrogen-bond donors (Lipinski definition) is 1. The van der Waals surface area contributed by atoms with Crippen molar-refractivity contribution in [1.29, 1.82) is 0 Å². The number of benzene rings is 1. The molecule has 1 nitrogen and oxygen atoms in total. The van der Waals surface area contributed by atoms with Crippen molar-refractivity contribution in [1.82, 2.24) is 5.32 Å². The topological polar surface area (TPSA) is 12.0 Å². The van der Waals surface area contributed by atoms with E-state index in [-0.39, 0.29) is 5.41 Å². The Labute approximate surface area is 90.5 Å². The molecular formula is C12H16ClN. The van der Waals surface area contributed by atoms with Gasteiger partial charge >= 0.3 is 0 Å². The summed E-state index contributed by atoms with van der Waals surface area (Å²) in [5, 5.41) is 4.37. The standard InChI is InChI=1S/C12H16ClN/c1-12(2)8-14-7-6-9-10(12)4-3-5-11(9)13/h3-5,14H,6-8H2,1-2H3. The zero-order chi connectivity index (χ0) is 10.2. The summed E-state index contributed by atoms with van der Waals surface area (Å²) >= 11 is 6.21. The highest BCUT2D eigenvalue weighted by Gasteiger charge is 2.26. The SMILES string of the molecule is CC1(C)CNCCc2c(Cl)cccc21. The van der Waals surface area contributed by atoms with Crippen molar-refractivity contribution in [3.63, 3.8) is 0 Å². The first-order valence-electron chi connectivity index (χ1n) is 5.10. The molecule has 0 atom stereocenters. The molecule has 1 N–H and O–H groups in total. The first kappa shape index (κ1) is 10.0. The van der Waals surface area contributed by atoms with E-state index in [1.54, 1.807) is 0 Å². The normalized spacial score (nSPS) is 19.9. The van der Waals surface area contributed by atoms with Crippen LogP contribution in [0, 0.1) is 0 Å². The lowest BCUT2D eigenvalue weighted by Gasteiger charge is -2.25. The second kappa shape index (κ2) is 3.56. The number of hydrogen-bond acceptors (Lipinski definition) is 1. The Kier molecular flexibility index (Phi) is 2.54. The van der Waals surface area contributed by atoms with Crippen molar-refractivity contribution in [3.8, 4) is 0 Å². The van der Waals surface area contributed by atoms with Crippen LogP contribution in [0.1, 0.15) is 25.0 Å². The molecule has 0 radical (unpaired) electrons. The molecule has 76 valence electrons. The monoisotopic (exact) mass is 209 g/mol. The van der Waals surface area contributed by atoms with E-state index in [2.05, 4.69) is 25.2 Å². The highest BCUT2D eigenvalue weighted by atomic mass is 35.5. The highest BCUT2D eigenvalue weighted by Crippen LogP contribution is 2.32. The molecular weight excluding hydrogens is 194 g/mol. The number of nitrogens with one attached hydrogen (secondary N) is 1. The van der Waals surface area contributed by atoms with Gasteiger partial charge in [-0.2, -0.15) is 0 Å². The van der Waals surface area contributed by atoms with Gasteiger partial charge in [-0.05, 0) is 30.2 Å². The zero-order valence-corrected chi connectivity index (χ0v) is 9.49. The Morgan fingerprint density at radius 3 is 2.93 bits per heavy atom. The van der Waals surface area contributed by atoms with Gasteiger partial charge in [0.25, 0.3) is 0 Å². The molecule has 1 aliphatic heterocycles. The van der Waals surface area contributed by atoms with Gasteiger partial charge in [0, 0.05) is 17.0 Å². The molecule has 1 heterocycles.